The molecule has 0 aliphatic carbocycles. The predicted molar refractivity (Wildman–Crippen MR) is 70.9 cm³/mol. The largest absolute Gasteiger partial charge is 0.355 e. The molecule has 2 aromatic carbocycles. The monoisotopic (exact) mass is 280 g/mol. The minimum atomic E-state index is -0.482. The summed E-state index contributed by atoms with van der Waals surface area (Å²) >= 11 is 11.7. The minimum absolute atomic E-state index is 0.241. The van der Waals surface area contributed by atoms with E-state index in [0.717, 1.165) is 6.07 Å². The average Bonchev–Trinajstić information content (AvgIpc) is 2.26. The Balaban J connectivity index is 2.34. The first-order valence-corrected chi connectivity index (χ1v) is 5.76. The van der Waals surface area contributed by atoms with Crippen molar-refractivity contribution < 1.29 is 4.39 Å². The summed E-state index contributed by atoms with van der Waals surface area (Å²) < 4.78 is 13.2. The third-order valence-electron chi connectivity index (χ3n) is 2.18. The fourth-order valence-corrected chi connectivity index (χ4v) is 2.05. The molecular formula is C13H7Cl2FN2. The van der Waals surface area contributed by atoms with E-state index >= 15 is 0 Å². The molecule has 0 unspecified atom stereocenters. The topological polar surface area (TPSA) is 35.8 Å². The Morgan fingerprint density at radius 1 is 0.944 bits per heavy atom. The van der Waals surface area contributed by atoms with Crippen LogP contribution >= 0.6 is 23.2 Å². The van der Waals surface area contributed by atoms with Crippen molar-refractivity contribution in [2.75, 3.05) is 5.32 Å². The molecule has 0 aromatic heterocycles. The second-order valence-corrected chi connectivity index (χ2v) is 4.50. The van der Waals surface area contributed by atoms with Gasteiger partial charge in [-0.3, -0.25) is 0 Å². The van der Waals surface area contributed by atoms with Crippen LogP contribution in [0.4, 0.5) is 15.8 Å². The number of hydrogen-bond acceptors (Lipinski definition) is 2. The molecule has 0 saturated carbocycles. The van der Waals surface area contributed by atoms with Crippen LogP contribution < -0.4 is 5.32 Å². The summed E-state index contributed by atoms with van der Waals surface area (Å²) in [5, 5.41) is 12.6. The molecule has 2 aromatic rings. The smallest absolute Gasteiger partial charge is 0.126 e. The SMILES string of the molecule is N#Cc1cc(F)cc(Nc2cc(Cl)cc(Cl)c2)c1. The highest BCUT2D eigenvalue weighted by Crippen LogP contribution is 2.26. The molecule has 0 radical (unpaired) electrons. The number of halogens is 3. The van der Waals surface area contributed by atoms with Gasteiger partial charge in [0.1, 0.15) is 5.82 Å². The van der Waals surface area contributed by atoms with Gasteiger partial charge in [0.25, 0.3) is 0 Å². The number of hydrogen-bond donors (Lipinski definition) is 1. The van der Waals surface area contributed by atoms with Crippen molar-refractivity contribution in [3.05, 3.63) is 57.8 Å². The zero-order valence-electron chi connectivity index (χ0n) is 9.05. The zero-order chi connectivity index (χ0) is 13.1. The number of benzene rings is 2. The standard InChI is InChI=1S/C13H7Cl2FN2/c14-9-3-10(15)5-13(4-9)18-12-2-8(7-17)1-11(16)6-12/h1-6,18H. The molecule has 0 aliphatic heterocycles. The van der Waals surface area contributed by atoms with Gasteiger partial charge in [0.15, 0.2) is 0 Å². The van der Waals surface area contributed by atoms with E-state index in [1.54, 1.807) is 18.2 Å². The van der Waals surface area contributed by atoms with Crippen LogP contribution in [0.3, 0.4) is 0 Å². The molecule has 5 heteroatoms. The second-order valence-electron chi connectivity index (χ2n) is 3.62. The highest BCUT2D eigenvalue weighted by molar-refractivity contribution is 6.35. The summed E-state index contributed by atoms with van der Waals surface area (Å²) in [6, 6.07) is 10.8. The first-order chi connectivity index (χ1) is 8.56. The van der Waals surface area contributed by atoms with Crippen molar-refractivity contribution in [2.45, 2.75) is 0 Å². The van der Waals surface area contributed by atoms with Crippen molar-refractivity contribution in [2.24, 2.45) is 0 Å². The van der Waals surface area contributed by atoms with Gasteiger partial charge in [0.2, 0.25) is 0 Å². The van der Waals surface area contributed by atoms with Crippen LogP contribution in [-0.4, -0.2) is 0 Å². The lowest BCUT2D eigenvalue weighted by molar-refractivity contribution is 0.628. The van der Waals surface area contributed by atoms with Gasteiger partial charge in [-0.15, -0.1) is 0 Å². The number of nitrogens with zero attached hydrogens (tertiary/aromatic N) is 1. The van der Waals surface area contributed by atoms with Gasteiger partial charge >= 0.3 is 0 Å². The lowest BCUT2D eigenvalue weighted by atomic mass is 10.2. The molecule has 0 atom stereocenters. The van der Waals surface area contributed by atoms with E-state index in [1.807, 2.05) is 6.07 Å². The van der Waals surface area contributed by atoms with E-state index in [1.165, 1.54) is 12.1 Å². The normalized spacial score (nSPS) is 9.89. The Hall–Kier alpha value is -1.76. The summed E-state index contributed by atoms with van der Waals surface area (Å²) in [5.41, 5.74) is 1.33. The Morgan fingerprint density at radius 3 is 2.17 bits per heavy atom. The Kier molecular flexibility index (Phi) is 3.71. The molecule has 2 nitrogen and oxygen atoms in total. The Bertz CT molecular complexity index is 615. The van der Waals surface area contributed by atoms with E-state index in [0.29, 0.717) is 21.4 Å². The molecule has 0 saturated heterocycles. The van der Waals surface area contributed by atoms with Gasteiger partial charge in [0.05, 0.1) is 11.6 Å². The quantitative estimate of drug-likeness (QED) is 0.862. The van der Waals surface area contributed by atoms with Crippen LogP contribution in [0.1, 0.15) is 5.56 Å². The molecule has 0 spiro atoms. The molecule has 2 rings (SSSR count). The highest BCUT2D eigenvalue weighted by Gasteiger charge is 2.03. The van der Waals surface area contributed by atoms with Crippen LogP contribution in [0.2, 0.25) is 10.0 Å². The van der Waals surface area contributed by atoms with E-state index in [2.05, 4.69) is 5.32 Å². The number of anilines is 2. The second kappa shape index (κ2) is 5.26. The van der Waals surface area contributed by atoms with Crippen LogP contribution in [0, 0.1) is 17.1 Å². The van der Waals surface area contributed by atoms with E-state index in [4.69, 9.17) is 28.5 Å². The van der Waals surface area contributed by atoms with Crippen LogP contribution in [-0.2, 0) is 0 Å². The Morgan fingerprint density at radius 2 is 1.56 bits per heavy atom. The summed E-state index contributed by atoms with van der Waals surface area (Å²) in [6.45, 7) is 0. The molecule has 0 bridgehead atoms. The van der Waals surface area contributed by atoms with Gasteiger partial charge in [-0.05, 0) is 36.4 Å². The van der Waals surface area contributed by atoms with Crippen molar-refractivity contribution in [1.82, 2.24) is 0 Å². The summed E-state index contributed by atoms with van der Waals surface area (Å²) in [4.78, 5) is 0. The van der Waals surface area contributed by atoms with Gasteiger partial charge in [-0.1, -0.05) is 23.2 Å². The maximum Gasteiger partial charge on any atom is 0.126 e. The van der Waals surface area contributed by atoms with Crippen LogP contribution in [0.5, 0.6) is 0 Å². The van der Waals surface area contributed by atoms with Gasteiger partial charge < -0.3 is 5.32 Å². The lowest BCUT2D eigenvalue weighted by Crippen LogP contribution is -1.92. The van der Waals surface area contributed by atoms with E-state index < -0.39 is 5.82 Å². The minimum Gasteiger partial charge on any atom is -0.355 e. The molecule has 1 N–H and O–H groups in total. The van der Waals surface area contributed by atoms with Crippen molar-refractivity contribution in [3.63, 3.8) is 0 Å². The maximum atomic E-state index is 13.2. The molecule has 0 amide bonds. The number of nitriles is 1. The Labute approximate surface area is 114 Å². The van der Waals surface area contributed by atoms with Crippen LogP contribution in [0.25, 0.3) is 0 Å². The highest BCUT2D eigenvalue weighted by atomic mass is 35.5. The van der Waals surface area contributed by atoms with Gasteiger partial charge in [-0.25, -0.2) is 4.39 Å². The number of nitrogens with one attached hydrogen (secondary N) is 1. The van der Waals surface area contributed by atoms with Crippen molar-refractivity contribution in [3.8, 4) is 6.07 Å². The van der Waals surface area contributed by atoms with Gasteiger partial charge in [-0.2, -0.15) is 5.26 Å². The molecule has 0 aliphatic rings. The molecule has 0 heterocycles. The third kappa shape index (κ3) is 3.13. The average molecular weight is 281 g/mol. The first-order valence-electron chi connectivity index (χ1n) is 5.00. The first kappa shape index (κ1) is 12.7. The summed E-state index contributed by atoms with van der Waals surface area (Å²) in [6.07, 6.45) is 0. The molecule has 0 fully saturated rings. The van der Waals surface area contributed by atoms with E-state index in [9.17, 15) is 4.39 Å². The number of rotatable bonds is 2. The molecular weight excluding hydrogens is 274 g/mol. The maximum absolute atomic E-state index is 13.2. The summed E-state index contributed by atoms with van der Waals surface area (Å²) in [5.74, 6) is -0.482. The van der Waals surface area contributed by atoms with E-state index in [-0.39, 0.29) is 5.56 Å². The van der Waals surface area contributed by atoms with Crippen LogP contribution in [0.15, 0.2) is 36.4 Å². The van der Waals surface area contributed by atoms with Crippen molar-refractivity contribution in [1.29, 1.82) is 5.26 Å². The van der Waals surface area contributed by atoms with Crippen molar-refractivity contribution >= 4 is 34.6 Å². The zero-order valence-corrected chi connectivity index (χ0v) is 10.6. The third-order valence-corrected chi connectivity index (χ3v) is 2.61. The lowest BCUT2D eigenvalue weighted by Gasteiger charge is -2.08. The predicted octanol–water partition coefficient (Wildman–Crippen LogP) is 4.75. The molecule has 90 valence electrons. The van der Waals surface area contributed by atoms with Gasteiger partial charge in [0, 0.05) is 21.4 Å². The fourth-order valence-electron chi connectivity index (χ4n) is 1.52. The molecule has 18 heavy (non-hydrogen) atoms. The fraction of sp³-hybridized carbons (Fsp3) is 0. The summed E-state index contributed by atoms with van der Waals surface area (Å²) in [7, 11) is 0.